The van der Waals surface area contributed by atoms with Crippen LogP contribution in [0.25, 0.3) is 0 Å². The molecule has 1 aromatic carbocycles. The smallest absolute Gasteiger partial charge is 0.224 e. The fourth-order valence-corrected chi connectivity index (χ4v) is 4.56. The lowest BCUT2D eigenvalue weighted by molar-refractivity contribution is -0.131. The molecule has 0 spiro atoms. The Kier molecular flexibility index (Phi) is 6.89. The molecular formula is C22H33N3O2. The predicted octanol–water partition coefficient (Wildman–Crippen LogP) is 2.66. The van der Waals surface area contributed by atoms with E-state index in [0.717, 1.165) is 25.7 Å². The Labute approximate surface area is 162 Å². The van der Waals surface area contributed by atoms with Crippen molar-refractivity contribution >= 4 is 11.8 Å². The minimum Gasteiger partial charge on any atom is -0.353 e. The lowest BCUT2D eigenvalue weighted by atomic mass is 9.88. The number of hydrogen-bond acceptors (Lipinski definition) is 3. The molecule has 1 saturated heterocycles. The van der Waals surface area contributed by atoms with E-state index in [1.54, 1.807) is 0 Å². The largest absolute Gasteiger partial charge is 0.353 e. The van der Waals surface area contributed by atoms with Crippen LogP contribution >= 0.6 is 0 Å². The number of benzene rings is 1. The number of hydrogen-bond donors (Lipinski definition) is 2. The van der Waals surface area contributed by atoms with E-state index in [2.05, 4.69) is 17.4 Å². The van der Waals surface area contributed by atoms with Crippen LogP contribution < -0.4 is 11.1 Å². The van der Waals surface area contributed by atoms with Crippen molar-refractivity contribution in [1.82, 2.24) is 10.2 Å². The molecule has 3 atom stereocenters. The number of nitrogens with one attached hydrogen (secondary N) is 1. The van der Waals surface area contributed by atoms with Gasteiger partial charge in [-0.05, 0) is 37.8 Å². The van der Waals surface area contributed by atoms with Crippen LogP contribution in [0.15, 0.2) is 30.3 Å². The zero-order chi connectivity index (χ0) is 19.2. The highest BCUT2D eigenvalue weighted by Gasteiger charge is 2.35. The average Bonchev–Trinajstić information content (AvgIpc) is 3.14. The van der Waals surface area contributed by atoms with Crippen LogP contribution in [0.4, 0.5) is 0 Å². The number of rotatable bonds is 6. The van der Waals surface area contributed by atoms with E-state index in [4.69, 9.17) is 5.73 Å². The summed E-state index contributed by atoms with van der Waals surface area (Å²) >= 11 is 0. The quantitative estimate of drug-likeness (QED) is 0.807. The molecule has 148 valence electrons. The summed E-state index contributed by atoms with van der Waals surface area (Å²) in [4.78, 5) is 27.1. The van der Waals surface area contributed by atoms with Crippen molar-refractivity contribution in [1.29, 1.82) is 0 Å². The molecule has 1 saturated carbocycles. The van der Waals surface area contributed by atoms with Crippen molar-refractivity contribution in [2.24, 2.45) is 17.6 Å². The van der Waals surface area contributed by atoms with Gasteiger partial charge in [0.15, 0.2) is 0 Å². The zero-order valence-corrected chi connectivity index (χ0v) is 16.4. The van der Waals surface area contributed by atoms with Crippen molar-refractivity contribution in [2.75, 3.05) is 19.6 Å². The van der Waals surface area contributed by atoms with Crippen molar-refractivity contribution < 1.29 is 9.59 Å². The van der Waals surface area contributed by atoms with E-state index in [-0.39, 0.29) is 23.8 Å². The third kappa shape index (κ3) is 5.10. The van der Waals surface area contributed by atoms with Gasteiger partial charge in [-0.25, -0.2) is 0 Å². The molecule has 5 heteroatoms. The maximum atomic E-state index is 12.8. The summed E-state index contributed by atoms with van der Waals surface area (Å²) in [5, 5.41) is 3.06. The molecule has 3 N–H and O–H groups in total. The monoisotopic (exact) mass is 371 g/mol. The van der Waals surface area contributed by atoms with E-state index in [9.17, 15) is 9.59 Å². The number of amides is 2. The molecule has 3 rings (SSSR count). The molecule has 1 aliphatic carbocycles. The first-order chi connectivity index (χ1) is 13.1. The Morgan fingerprint density at radius 2 is 1.85 bits per heavy atom. The molecular weight excluding hydrogens is 338 g/mol. The van der Waals surface area contributed by atoms with Gasteiger partial charge < -0.3 is 16.0 Å². The topological polar surface area (TPSA) is 75.4 Å². The summed E-state index contributed by atoms with van der Waals surface area (Å²) in [6.07, 6.45) is 5.83. The standard InChI is InChI=1S/C22H33N3O2/c1-16(24-22(27)18-10-6-3-7-11-18)12-21(26)25-14-19(13-23)20(15-25)17-8-4-2-5-9-17/h2,4-5,8-9,16,18-20H,3,6-7,10-15,23H2,1H3,(H,24,27)/t16?,19-,20+/m1/s1. The highest BCUT2D eigenvalue weighted by Crippen LogP contribution is 2.32. The van der Waals surface area contributed by atoms with Crippen LogP contribution in [-0.2, 0) is 9.59 Å². The van der Waals surface area contributed by atoms with Gasteiger partial charge in [0.25, 0.3) is 0 Å². The van der Waals surface area contributed by atoms with Gasteiger partial charge in [0.2, 0.25) is 11.8 Å². The van der Waals surface area contributed by atoms with Crippen LogP contribution in [-0.4, -0.2) is 42.4 Å². The number of nitrogens with two attached hydrogens (primary N) is 1. The molecule has 2 aliphatic rings. The van der Waals surface area contributed by atoms with Crippen LogP contribution in [0, 0.1) is 11.8 Å². The molecule has 0 aromatic heterocycles. The second-order valence-corrected chi connectivity index (χ2v) is 8.26. The molecule has 27 heavy (non-hydrogen) atoms. The molecule has 0 radical (unpaired) electrons. The molecule has 1 unspecified atom stereocenters. The lowest BCUT2D eigenvalue weighted by Gasteiger charge is -2.24. The number of carbonyl (C=O) groups excluding carboxylic acids is 2. The van der Waals surface area contributed by atoms with Gasteiger partial charge in [-0.2, -0.15) is 0 Å². The Morgan fingerprint density at radius 1 is 1.15 bits per heavy atom. The number of nitrogens with zero attached hydrogens (tertiary/aromatic N) is 1. The van der Waals surface area contributed by atoms with E-state index in [1.165, 1.54) is 12.0 Å². The molecule has 1 aromatic rings. The Bertz CT molecular complexity index is 628. The second kappa shape index (κ2) is 9.36. The summed E-state index contributed by atoms with van der Waals surface area (Å²) in [5.74, 6) is 0.963. The van der Waals surface area contributed by atoms with Crippen LogP contribution in [0.2, 0.25) is 0 Å². The van der Waals surface area contributed by atoms with Gasteiger partial charge in [0.1, 0.15) is 0 Å². The van der Waals surface area contributed by atoms with E-state index in [1.807, 2.05) is 30.0 Å². The van der Waals surface area contributed by atoms with Crippen molar-refractivity contribution in [2.45, 2.75) is 57.4 Å². The summed E-state index contributed by atoms with van der Waals surface area (Å²) in [7, 11) is 0. The highest BCUT2D eigenvalue weighted by molar-refractivity contribution is 5.81. The fourth-order valence-electron chi connectivity index (χ4n) is 4.56. The van der Waals surface area contributed by atoms with Gasteiger partial charge in [-0.3, -0.25) is 9.59 Å². The van der Waals surface area contributed by atoms with E-state index in [0.29, 0.717) is 37.9 Å². The van der Waals surface area contributed by atoms with Crippen LogP contribution in [0.5, 0.6) is 0 Å². The van der Waals surface area contributed by atoms with Gasteiger partial charge in [0, 0.05) is 37.4 Å². The maximum Gasteiger partial charge on any atom is 0.224 e. The third-order valence-electron chi connectivity index (χ3n) is 6.17. The fraction of sp³-hybridized carbons (Fsp3) is 0.636. The van der Waals surface area contributed by atoms with Gasteiger partial charge in [-0.15, -0.1) is 0 Å². The summed E-state index contributed by atoms with van der Waals surface area (Å²) in [5.41, 5.74) is 7.23. The van der Waals surface area contributed by atoms with Crippen LogP contribution in [0.1, 0.15) is 56.9 Å². The average molecular weight is 372 g/mol. The minimum atomic E-state index is -0.126. The van der Waals surface area contributed by atoms with Crippen molar-refractivity contribution in [3.05, 3.63) is 35.9 Å². The van der Waals surface area contributed by atoms with E-state index < -0.39 is 0 Å². The van der Waals surface area contributed by atoms with Gasteiger partial charge in [-0.1, -0.05) is 49.6 Å². The Morgan fingerprint density at radius 3 is 2.52 bits per heavy atom. The Balaban J connectivity index is 1.52. The highest BCUT2D eigenvalue weighted by atomic mass is 16.2. The molecule has 2 fully saturated rings. The lowest BCUT2D eigenvalue weighted by Crippen LogP contribution is -2.41. The summed E-state index contributed by atoms with van der Waals surface area (Å²) in [6, 6.07) is 10.2. The number of carbonyl (C=O) groups is 2. The minimum absolute atomic E-state index is 0.114. The predicted molar refractivity (Wildman–Crippen MR) is 107 cm³/mol. The first-order valence-corrected chi connectivity index (χ1v) is 10.4. The van der Waals surface area contributed by atoms with Crippen molar-refractivity contribution in [3.63, 3.8) is 0 Å². The SMILES string of the molecule is CC(CC(=O)N1C[C@@H](CN)[C@H](c2ccccc2)C1)NC(=O)C1CCCCC1. The van der Waals surface area contributed by atoms with Crippen LogP contribution in [0.3, 0.4) is 0 Å². The van der Waals surface area contributed by atoms with Gasteiger partial charge in [0.05, 0.1) is 0 Å². The molecule has 1 heterocycles. The molecule has 2 amide bonds. The first-order valence-electron chi connectivity index (χ1n) is 10.4. The third-order valence-corrected chi connectivity index (χ3v) is 6.17. The van der Waals surface area contributed by atoms with Gasteiger partial charge >= 0.3 is 0 Å². The van der Waals surface area contributed by atoms with Crippen molar-refractivity contribution in [3.8, 4) is 0 Å². The first kappa shape index (κ1) is 19.9. The zero-order valence-electron chi connectivity index (χ0n) is 16.4. The molecule has 1 aliphatic heterocycles. The molecule has 0 bridgehead atoms. The summed E-state index contributed by atoms with van der Waals surface area (Å²) < 4.78 is 0. The second-order valence-electron chi connectivity index (χ2n) is 8.26. The normalized spacial score (nSPS) is 24.6. The Hall–Kier alpha value is -1.88. The maximum absolute atomic E-state index is 12.8. The number of likely N-dealkylation sites (tertiary alicyclic amines) is 1. The summed E-state index contributed by atoms with van der Waals surface area (Å²) in [6.45, 7) is 3.94. The molecule has 5 nitrogen and oxygen atoms in total. The van der Waals surface area contributed by atoms with E-state index >= 15 is 0 Å².